The van der Waals surface area contributed by atoms with Crippen LogP contribution in [0.15, 0.2) is 36.5 Å². The van der Waals surface area contributed by atoms with Gasteiger partial charge >= 0.3 is 24.3 Å². The Hall–Kier alpha value is -3.96. The molecular formula is C25H25ClF6N4O7. The summed E-state index contributed by atoms with van der Waals surface area (Å²) >= 11 is 6.04. The molecule has 1 aromatic heterocycles. The fourth-order valence-corrected chi connectivity index (χ4v) is 4.26. The minimum atomic E-state index is -5.08. The summed E-state index contributed by atoms with van der Waals surface area (Å²) in [4.78, 5) is 49.3. The number of pyridine rings is 1. The Bertz CT molecular complexity index is 1330. The monoisotopic (exact) mass is 642 g/mol. The lowest BCUT2D eigenvalue weighted by atomic mass is 9.91. The van der Waals surface area contributed by atoms with Crippen molar-refractivity contribution in [2.75, 3.05) is 6.54 Å². The highest BCUT2D eigenvalue weighted by atomic mass is 35.5. The highest BCUT2D eigenvalue weighted by molar-refractivity contribution is 6.30. The summed E-state index contributed by atoms with van der Waals surface area (Å²) in [7, 11) is 0. The van der Waals surface area contributed by atoms with Crippen LogP contribution in [0.25, 0.3) is 0 Å². The Balaban J connectivity index is 0.000000384. The Morgan fingerprint density at radius 1 is 1.05 bits per heavy atom. The second-order valence-electron chi connectivity index (χ2n) is 9.10. The third-order valence-electron chi connectivity index (χ3n) is 6.32. The first-order valence-corrected chi connectivity index (χ1v) is 12.5. The normalized spacial score (nSPS) is 19.0. The average Bonchev–Trinajstić information content (AvgIpc) is 3.24. The predicted octanol–water partition coefficient (Wildman–Crippen LogP) is 2.51. The third kappa shape index (κ3) is 9.01. The number of aromatic nitrogens is 1. The molecular weight excluding hydrogens is 618 g/mol. The number of nitrogens with zero attached hydrogens (tertiary/aromatic N) is 2. The maximum absolute atomic E-state index is 13.1. The number of carboxylic acids is 2. The molecule has 1 aliphatic carbocycles. The van der Waals surface area contributed by atoms with E-state index in [2.05, 4.69) is 10.3 Å². The van der Waals surface area contributed by atoms with E-state index < -0.39 is 41.8 Å². The van der Waals surface area contributed by atoms with Gasteiger partial charge in [0.15, 0.2) is 5.60 Å². The molecule has 6 N–H and O–H groups in total. The molecule has 43 heavy (non-hydrogen) atoms. The molecule has 1 aromatic carbocycles. The van der Waals surface area contributed by atoms with Gasteiger partial charge in [-0.05, 0) is 48.6 Å². The van der Waals surface area contributed by atoms with Gasteiger partial charge in [-0.2, -0.15) is 26.3 Å². The Kier molecular flexibility index (Phi) is 11.5. The van der Waals surface area contributed by atoms with E-state index in [9.17, 15) is 41.0 Å². The SMILES string of the molecule is NCc1ccc(Cl)cc1CNC(=O)[C@@H]1CCN1C(=O)C1(O)CCc2ncccc21.O=C(O)C(F)(F)F.O=C(O)C(F)(F)F. The zero-order valence-electron chi connectivity index (χ0n) is 21.9. The zero-order valence-corrected chi connectivity index (χ0v) is 22.6. The molecule has 2 aromatic rings. The van der Waals surface area contributed by atoms with Crippen molar-refractivity contribution in [1.29, 1.82) is 0 Å². The van der Waals surface area contributed by atoms with Crippen LogP contribution < -0.4 is 11.1 Å². The largest absolute Gasteiger partial charge is 0.490 e. The molecule has 4 rings (SSSR count). The molecule has 2 aliphatic rings. The van der Waals surface area contributed by atoms with Gasteiger partial charge in [0.05, 0.1) is 0 Å². The van der Waals surface area contributed by atoms with Crippen LogP contribution >= 0.6 is 11.6 Å². The number of nitrogens with two attached hydrogens (primary N) is 1. The number of carbonyl (C=O) groups excluding carboxylic acids is 2. The van der Waals surface area contributed by atoms with E-state index >= 15 is 0 Å². The van der Waals surface area contributed by atoms with E-state index in [0.29, 0.717) is 36.5 Å². The lowest BCUT2D eigenvalue weighted by molar-refractivity contribution is -0.193. The first kappa shape index (κ1) is 35.2. The quantitative estimate of drug-likeness (QED) is 0.306. The van der Waals surface area contributed by atoms with Crippen molar-refractivity contribution >= 4 is 35.4 Å². The molecule has 0 spiro atoms. The van der Waals surface area contributed by atoms with Gasteiger partial charge in [-0.25, -0.2) is 9.59 Å². The predicted molar refractivity (Wildman–Crippen MR) is 135 cm³/mol. The van der Waals surface area contributed by atoms with Crippen LogP contribution in [-0.2, 0) is 44.3 Å². The van der Waals surface area contributed by atoms with Gasteiger partial charge in [-0.1, -0.05) is 23.7 Å². The number of likely N-dealkylation sites (tertiary alicyclic amines) is 1. The molecule has 0 bridgehead atoms. The highest BCUT2D eigenvalue weighted by Gasteiger charge is 2.51. The summed E-state index contributed by atoms with van der Waals surface area (Å²) in [5.41, 5.74) is 7.17. The molecule has 1 aliphatic heterocycles. The molecule has 2 atom stereocenters. The maximum atomic E-state index is 13.1. The van der Waals surface area contributed by atoms with Gasteiger partial charge in [-0.3, -0.25) is 14.6 Å². The van der Waals surface area contributed by atoms with Crippen molar-refractivity contribution in [2.45, 2.75) is 56.3 Å². The van der Waals surface area contributed by atoms with E-state index in [1.807, 2.05) is 6.07 Å². The van der Waals surface area contributed by atoms with Gasteiger partial charge in [-0.15, -0.1) is 0 Å². The van der Waals surface area contributed by atoms with Crippen molar-refractivity contribution in [3.63, 3.8) is 0 Å². The average molecular weight is 643 g/mol. The highest BCUT2D eigenvalue weighted by Crippen LogP contribution is 2.39. The van der Waals surface area contributed by atoms with Crippen molar-refractivity contribution in [3.8, 4) is 0 Å². The van der Waals surface area contributed by atoms with Gasteiger partial charge in [0, 0.05) is 42.1 Å². The number of halogens is 7. The number of aliphatic carboxylic acids is 2. The third-order valence-corrected chi connectivity index (χ3v) is 6.56. The lowest BCUT2D eigenvalue weighted by Crippen LogP contribution is -2.62. The van der Waals surface area contributed by atoms with E-state index in [-0.39, 0.29) is 18.9 Å². The number of aryl methyl sites for hydroxylation is 1. The van der Waals surface area contributed by atoms with Crippen LogP contribution in [0.2, 0.25) is 5.02 Å². The van der Waals surface area contributed by atoms with Crippen LogP contribution in [0.3, 0.4) is 0 Å². The number of hydrogen-bond acceptors (Lipinski definition) is 7. The van der Waals surface area contributed by atoms with Gasteiger partial charge in [0.2, 0.25) is 5.91 Å². The zero-order chi connectivity index (χ0) is 32.8. The summed E-state index contributed by atoms with van der Waals surface area (Å²) in [6.07, 6.45) is -7.13. The van der Waals surface area contributed by atoms with E-state index in [4.69, 9.17) is 37.1 Å². The molecule has 1 fully saturated rings. The number of nitrogens with one attached hydrogen (secondary N) is 1. The maximum Gasteiger partial charge on any atom is 0.490 e. The number of aliphatic hydroxyl groups is 1. The van der Waals surface area contributed by atoms with E-state index in [1.54, 1.807) is 30.5 Å². The fraction of sp³-hybridized carbons (Fsp3) is 0.400. The van der Waals surface area contributed by atoms with Gasteiger partial charge in [0.1, 0.15) is 6.04 Å². The van der Waals surface area contributed by atoms with Crippen molar-refractivity contribution in [3.05, 3.63) is 63.9 Å². The van der Waals surface area contributed by atoms with Crippen LogP contribution in [0.5, 0.6) is 0 Å². The second-order valence-corrected chi connectivity index (χ2v) is 9.54. The summed E-state index contributed by atoms with van der Waals surface area (Å²) in [5, 5.41) is 28.8. The van der Waals surface area contributed by atoms with Crippen LogP contribution in [-0.4, -0.2) is 73.9 Å². The number of rotatable bonds is 5. The van der Waals surface area contributed by atoms with E-state index in [0.717, 1.165) is 16.8 Å². The Morgan fingerprint density at radius 2 is 1.63 bits per heavy atom. The topological polar surface area (TPSA) is 183 Å². The molecule has 11 nitrogen and oxygen atoms in total. The van der Waals surface area contributed by atoms with Crippen molar-refractivity contribution in [2.24, 2.45) is 5.73 Å². The Morgan fingerprint density at radius 3 is 2.12 bits per heavy atom. The second kappa shape index (κ2) is 14.0. The molecule has 2 amide bonds. The summed E-state index contributed by atoms with van der Waals surface area (Å²) < 4.78 is 63.5. The molecule has 236 valence electrons. The molecule has 2 heterocycles. The summed E-state index contributed by atoms with van der Waals surface area (Å²) in [5.74, 6) is -6.19. The minimum absolute atomic E-state index is 0.249. The number of alkyl halides is 6. The first-order chi connectivity index (χ1) is 19.8. The van der Waals surface area contributed by atoms with Crippen molar-refractivity contribution < 1.29 is 60.8 Å². The molecule has 0 saturated carbocycles. The standard InChI is InChI=1S/C21H23ClN4O3.2C2HF3O2/c22-15-4-3-13(11-23)14(10-15)12-25-19(27)18-6-9-26(18)20(28)21(29)7-5-17-16(21)2-1-8-24-17;2*3-2(4,5)1(6)7/h1-4,8,10,18,29H,5-7,9,11-12,23H2,(H,25,27);2*(H,6,7)/t18-,21?;;/m0../s1. The number of carbonyl (C=O) groups is 4. The van der Waals surface area contributed by atoms with E-state index in [1.165, 1.54) is 4.90 Å². The van der Waals surface area contributed by atoms with Gasteiger partial charge in [0.25, 0.3) is 5.91 Å². The molecule has 1 saturated heterocycles. The number of benzene rings is 1. The summed E-state index contributed by atoms with van der Waals surface area (Å²) in [6, 6.07) is 8.23. The smallest absolute Gasteiger partial charge is 0.475 e. The fourth-order valence-electron chi connectivity index (χ4n) is 4.07. The summed E-state index contributed by atoms with van der Waals surface area (Å²) in [6.45, 7) is 1.07. The minimum Gasteiger partial charge on any atom is -0.475 e. The number of fused-ring (bicyclic) bond motifs is 1. The van der Waals surface area contributed by atoms with Crippen molar-refractivity contribution in [1.82, 2.24) is 15.2 Å². The lowest BCUT2D eigenvalue weighted by Gasteiger charge is -2.43. The van der Waals surface area contributed by atoms with Crippen LogP contribution in [0, 0.1) is 0 Å². The Labute approximate surface area is 244 Å². The van der Waals surface area contributed by atoms with Gasteiger partial charge < -0.3 is 31.3 Å². The first-order valence-electron chi connectivity index (χ1n) is 12.2. The number of amides is 2. The van der Waals surface area contributed by atoms with Crippen LogP contribution in [0.4, 0.5) is 26.3 Å². The number of hydrogen-bond donors (Lipinski definition) is 5. The van der Waals surface area contributed by atoms with Crippen LogP contribution in [0.1, 0.15) is 35.2 Å². The molecule has 1 unspecified atom stereocenters. The number of carboxylic acid groups (broad SMARTS) is 2. The molecule has 18 heteroatoms. The molecule has 0 radical (unpaired) electrons.